The highest BCUT2D eigenvalue weighted by molar-refractivity contribution is 7.48. The maximum Gasteiger partial charge on any atom is 0.547 e. The summed E-state index contributed by atoms with van der Waals surface area (Å²) in [5.74, 6) is -1.74. The van der Waals surface area contributed by atoms with E-state index in [0.717, 1.165) is 7.11 Å². The number of hydrogen-bond donors (Lipinski definition) is 0. The molecule has 0 aliphatic carbocycles. The van der Waals surface area contributed by atoms with E-state index in [0.29, 0.717) is 11.1 Å². The van der Waals surface area contributed by atoms with Gasteiger partial charge in [-0.3, -0.25) is 14.3 Å². The van der Waals surface area contributed by atoms with E-state index >= 15 is 0 Å². The highest BCUT2D eigenvalue weighted by atomic mass is 31.2. The predicted octanol–water partition coefficient (Wildman–Crippen LogP) is 3.40. The van der Waals surface area contributed by atoms with Crippen LogP contribution in [0.3, 0.4) is 0 Å². The van der Waals surface area contributed by atoms with Crippen molar-refractivity contribution in [2.75, 3.05) is 7.11 Å². The molecule has 0 bridgehead atoms. The van der Waals surface area contributed by atoms with Gasteiger partial charge in [-0.2, -0.15) is 0 Å². The minimum absolute atomic E-state index is 0.264. The standard InChI is InChI=1S/C13H21O8P/c1-8(2)10(5)12(14)18-20-22(16,17-7)21-19-13(15)11(6)9(3)4/h1-7H3. The van der Waals surface area contributed by atoms with Gasteiger partial charge in [0.1, 0.15) is 0 Å². The number of phosphoric acid groups is 1. The maximum absolute atomic E-state index is 11.9. The zero-order valence-corrected chi connectivity index (χ0v) is 14.6. The molecule has 0 fully saturated rings. The molecule has 0 atom stereocenters. The summed E-state index contributed by atoms with van der Waals surface area (Å²) in [5.41, 5.74) is 1.90. The summed E-state index contributed by atoms with van der Waals surface area (Å²) in [6.45, 7) is 9.75. The molecule has 0 N–H and O–H groups in total. The summed E-state index contributed by atoms with van der Waals surface area (Å²) in [7, 11) is -3.40. The topological polar surface area (TPSA) is 97.4 Å². The Morgan fingerprint density at radius 2 is 1.05 bits per heavy atom. The van der Waals surface area contributed by atoms with Crippen molar-refractivity contribution >= 4 is 19.8 Å². The molecule has 0 saturated heterocycles. The van der Waals surface area contributed by atoms with E-state index in [9.17, 15) is 14.2 Å². The van der Waals surface area contributed by atoms with Crippen molar-refractivity contribution in [1.82, 2.24) is 0 Å². The minimum atomic E-state index is -4.38. The molecular weight excluding hydrogens is 315 g/mol. The van der Waals surface area contributed by atoms with Gasteiger partial charge >= 0.3 is 19.8 Å². The number of allylic oxidation sites excluding steroid dienone is 2. The molecule has 0 aliphatic heterocycles. The van der Waals surface area contributed by atoms with Gasteiger partial charge in [-0.05, 0) is 41.5 Å². The zero-order chi connectivity index (χ0) is 17.5. The summed E-state index contributed by atoms with van der Waals surface area (Å²) in [5, 5.41) is 0. The zero-order valence-electron chi connectivity index (χ0n) is 13.7. The van der Waals surface area contributed by atoms with Gasteiger partial charge in [0, 0.05) is 18.3 Å². The average molecular weight is 336 g/mol. The largest absolute Gasteiger partial charge is 0.547 e. The monoisotopic (exact) mass is 336 g/mol. The van der Waals surface area contributed by atoms with Crippen molar-refractivity contribution in [2.45, 2.75) is 41.5 Å². The average Bonchev–Trinajstić information content (AvgIpc) is 2.48. The summed E-state index contributed by atoms with van der Waals surface area (Å²) in [4.78, 5) is 31.8. The Balaban J connectivity index is 4.72. The Morgan fingerprint density at radius 1 is 0.727 bits per heavy atom. The highest BCUT2D eigenvalue weighted by Gasteiger charge is 2.33. The number of hydrogen-bond acceptors (Lipinski definition) is 8. The van der Waals surface area contributed by atoms with Gasteiger partial charge in [0.05, 0.1) is 0 Å². The van der Waals surface area contributed by atoms with E-state index in [1.54, 1.807) is 27.7 Å². The van der Waals surface area contributed by atoms with Crippen molar-refractivity contribution in [2.24, 2.45) is 0 Å². The van der Waals surface area contributed by atoms with Gasteiger partial charge < -0.3 is 0 Å². The number of carbonyl (C=O) groups is 2. The van der Waals surface area contributed by atoms with Crippen LogP contribution in [-0.2, 0) is 37.8 Å². The lowest BCUT2D eigenvalue weighted by Crippen LogP contribution is -2.11. The molecule has 0 amide bonds. The van der Waals surface area contributed by atoms with Crippen LogP contribution in [-0.4, -0.2) is 19.0 Å². The lowest BCUT2D eigenvalue weighted by atomic mass is 10.2. The van der Waals surface area contributed by atoms with Crippen LogP contribution in [0.4, 0.5) is 0 Å². The van der Waals surface area contributed by atoms with E-state index in [1.165, 1.54) is 13.8 Å². The second-order valence-electron chi connectivity index (χ2n) is 4.77. The van der Waals surface area contributed by atoms with E-state index in [2.05, 4.69) is 23.6 Å². The molecule has 0 radical (unpaired) electrons. The van der Waals surface area contributed by atoms with Crippen LogP contribution < -0.4 is 0 Å². The second kappa shape index (κ2) is 8.85. The van der Waals surface area contributed by atoms with Crippen LogP contribution in [0.25, 0.3) is 0 Å². The first-order valence-electron chi connectivity index (χ1n) is 6.29. The van der Waals surface area contributed by atoms with Crippen LogP contribution in [0.15, 0.2) is 22.3 Å². The Bertz CT molecular complexity index is 494. The van der Waals surface area contributed by atoms with E-state index in [-0.39, 0.29) is 11.1 Å². The van der Waals surface area contributed by atoms with Gasteiger partial charge in [-0.15, -0.1) is 0 Å². The van der Waals surface area contributed by atoms with Crippen molar-refractivity contribution in [3.05, 3.63) is 22.3 Å². The SMILES string of the molecule is COP(=O)(OOC(=O)C(C)=C(C)C)OOC(=O)C(C)=C(C)C. The quantitative estimate of drug-likeness (QED) is 0.302. The molecule has 0 aromatic heterocycles. The van der Waals surface area contributed by atoms with E-state index in [1.807, 2.05) is 0 Å². The molecule has 0 saturated carbocycles. The molecule has 126 valence electrons. The Morgan fingerprint density at radius 3 is 1.27 bits per heavy atom. The number of carbonyl (C=O) groups excluding carboxylic acids is 2. The first-order valence-corrected chi connectivity index (χ1v) is 7.75. The van der Waals surface area contributed by atoms with Gasteiger partial charge in [-0.25, -0.2) is 14.2 Å². The molecule has 0 rings (SSSR count). The van der Waals surface area contributed by atoms with Gasteiger partial charge in [0.25, 0.3) is 0 Å². The van der Waals surface area contributed by atoms with E-state index in [4.69, 9.17) is 0 Å². The smallest absolute Gasteiger partial charge is 0.286 e. The van der Waals surface area contributed by atoms with Crippen molar-refractivity contribution in [3.63, 3.8) is 0 Å². The molecule has 9 heteroatoms. The van der Waals surface area contributed by atoms with Crippen molar-refractivity contribution in [3.8, 4) is 0 Å². The molecule has 0 aliphatic rings. The van der Waals surface area contributed by atoms with Gasteiger partial charge in [0.2, 0.25) is 0 Å². The van der Waals surface area contributed by atoms with Crippen molar-refractivity contribution < 1.29 is 37.8 Å². The predicted molar refractivity (Wildman–Crippen MR) is 77.1 cm³/mol. The van der Waals surface area contributed by atoms with Crippen LogP contribution in [0, 0.1) is 0 Å². The summed E-state index contributed by atoms with van der Waals surface area (Å²) >= 11 is 0. The fraction of sp³-hybridized carbons (Fsp3) is 0.538. The van der Waals surface area contributed by atoms with Crippen LogP contribution in [0.1, 0.15) is 41.5 Å². The van der Waals surface area contributed by atoms with Crippen LogP contribution in [0.2, 0.25) is 0 Å². The van der Waals surface area contributed by atoms with Gasteiger partial charge in [0.15, 0.2) is 0 Å². The third-order valence-electron chi connectivity index (χ3n) is 2.74. The molecule has 8 nitrogen and oxygen atoms in total. The lowest BCUT2D eigenvalue weighted by molar-refractivity contribution is -0.257. The van der Waals surface area contributed by atoms with Crippen LogP contribution in [0.5, 0.6) is 0 Å². The minimum Gasteiger partial charge on any atom is -0.286 e. The second-order valence-corrected chi connectivity index (χ2v) is 6.33. The Kier molecular flexibility index (Phi) is 8.26. The normalized spacial score (nSPS) is 10.7. The maximum atomic E-state index is 11.9. The first-order chi connectivity index (χ1) is 10.0. The van der Waals surface area contributed by atoms with Gasteiger partial charge in [-0.1, -0.05) is 20.5 Å². The fourth-order valence-corrected chi connectivity index (χ4v) is 1.23. The lowest BCUT2D eigenvalue weighted by Gasteiger charge is -2.13. The molecule has 0 unspecified atom stereocenters. The number of rotatable bonds is 7. The summed E-state index contributed by atoms with van der Waals surface area (Å²) in [6, 6.07) is 0. The van der Waals surface area contributed by atoms with E-state index < -0.39 is 19.8 Å². The fourth-order valence-electron chi connectivity index (χ4n) is 0.766. The highest BCUT2D eigenvalue weighted by Crippen LogP contribution is 2.49. The summed E-state index contributed by atoms with van der Waals surface area (Å²) < 4.78 is 25.0. The Hall–Kier alpha value is -1.47. The molecule has 0 spiro atoms. The third kappa shape index (κ3) is 6.53. The molecule has 22 heavy (non-hydrogen) atoms. The van der Waals surface area contributed by atoms with Crippen molar-refractivity contribution in [1.29, 1.82) is 0 Å². The Labute approximate surface area is 129 Å². The third-order valence-corrected chi connectivity index (χ3v) is 3.71. The van der Waals surface area contributed by atoms with Crippen LogP contribution >= 0.6 is 7.82 Å². The molecular formula is C13H21O8P. The molecule has 0 heterocycles. The summed E-state index contributed by atoms with van der Waals surface area (Å²) in [6.07, 6.45) is 0. The molecule has 0 aromatic rings. The molecule has 0 aromatic carbocycles. The first kappa shape index (κ1) is 20.5.